The van der Waals surface area contributed by atoms with Crippen LogP contribution in [-0.4, -0.2) is 36.0 Å². The molecule has 3 aromatic carbocycles. The highest BCUT2D eigenvalue weighted by molar-refractivity contribution is 6.34. The van der Waals surface area contributed by atoms with E-state index in [-0.39, 0.29) is 17.5 Å². The molecular formula is C26H19ClN2O3. The highest BCUT2D eigenvalue weighted by atomic mass is 35.5. The quantitative estimate of drug-likeness (QED) is 0.571. The van der Waals surface area contributed by atoms with Crippen LogP contribution in [0, 0.1) is 5.41 Å². The van der Waals surface area contributed by atoms with Crippen molar-refractivity contribution in [3.05, 3.63) is 100 Å². The van der Waals surface area contributed by atoms with Gasteiger partial charge in [0, 0.05) is 39.9 Å². The predicted molar refractivity (Wildman–Crippen MR) is 121 cm³/mol. The van der Waals surface area contributed by atoms with Crippen LogP contribution in [0.15, 0.2) is 72.8 Å². The molecule has 1 saturated heterocycles. The molecule has 0 bridgehead atoms. The SMILES string of the molecule is CN1C[C@@H](c2ccc(Cl)cc2)C2(C(=O)c3ccccc3C2=O)C12C(=O)Nc1ccccc12. The first-order valence-electron chi connectivity index (χ1n) is 10.5. The Morgan fingerprint density at radius 3 is 2.12 bits per heavy atom. The van der Waals surface area contributed by atoms with Crippen LogP contribution in [0.4, 0.5) is 5.69 Å². The first-order chi connectivity index (χ1) is 15.4. The normalized spacial score (nSPS) is 25.4. The van der Waals surface area contributed by atoms with E-state index in [0.29, 0.717) is 33.9 Å². The van der Waals surface area contributed by atoms with Gasteiger partial charge in [-0.3, -0.25) is 19.3 Å². The van der Waals surface area contributed by atoms with Crippen molar-refractivity contribution >= 4 is 34.8 Å². The molecule has 3 aromatic rings. The van der Waals surface area contributed by atoms with Crippen LogP contribution < -0.4 is 5.32 Å². The number of rotatable bonds is 1. The minimum Gasteiger partial charge on any atom is -0.324 e. The molecule has 3 aliphatic rings. The number of amides is 1. The molecule has 2 aliphatic heterocycles. The van der Waals surface area contributed by atoms with Gasteiger partial charge in [-0.15, -0.1) is 0 Å². The monoisotopic (exact) mass is 442 g/mol. The number of carbonyl (C=O) groups is 3. The minimum atomic E-state index is -1.62. The van der Waals surface area contributed by atoms with Crippen molar-refractivity contribution in [2.75, 3.05) is 18.9 Å². The number of fused-ring (bicyclic) bond motifs is 4. The largest absolute Gasteiger partial charge is 0.324 e. The first-order valence-corrected chi connectivity index (χ1v) is 10.9. The molecule has 6 rings (SSSR count). The lowest BCUT2D eigenvalue weighted by atomic mass is 9.58. The van der Waals surface area contributed by atoms with Crippen molar-refractivity contribution < 1.29 is 14.4 Å². The van der Waals surface area contributed by atoms with Gasteiger partial charge in [0.2, 0.25) is 0 Å². The van der Waals surface area contributed by atoms with Crippen LogP contribution in [0.3, 0.4) is 0 Å². The number of ketones is 2. The van der Waals surface area contributed by atoms with Crippen LogP contribution >= 0.6 is 11.6 Å². The summed E-state index contributed by atoms with van der Waals surface area (Å²) >= 11 is 6.13. The number of hydrogen-bond acceptors (Lipinski definition) is 4. The van der Waals surface area contributed by atoms with Gasteiger partial charge in [0.25, 0.3) is 5.91 Å². The summed E-state index contributed by atoms with van der Waals surface area (Å²) < 4.78 is 0. The topological polar surface area (TPSA) is 66.5 Å². The minimum absolute atomic E-state index is 0.297. The van der Waals surface area contributed by atoms with Crippen LogP contribution in [-0.2, 0) is 10.3 Å². The molecule has 0 radical (unpaired) electrons. The average molecular weight is 443 g/mol. The van der Waals surface area contributed by atoms with Crippen LogP contribution in [0.25, 0.3) is 0 Å². The second-order valence-electron chi connectivity index (χ2n) is 8.71. The van der Waals surface area contributed by atoms with Crippen molar-refractivity contribution in [1.29, 1.82) is 0 Å². The molecule has 6 heteroatoms. The van der Waals surface area contributed by atoms with E-state index in [1.165, 1.54) is 0 Å². The van der Waals surface area contributed by atoms with Crippen molar-refractivity contribution in [3.8, 4) is 0 Å². The average Bonchev–Trinajstić information content (AvgIpc) is 3.34. The number of benzene rings is 3. The van der Waals surface area contributed by atoms with E-state index in [0.717, 1.165) is 5.56 Å². The Kier molecular flexibility index (Phi) is 3.87. The molecule has 1 amide bonds. The third-order valence-electron chi connectivity index (χ3n) is 7.42. The number of nitrogens with one attached hydrogen (secondary N) is 1. The van der Waals surface area contributed by atoms with Gasteiger partial charge < -0.3 is 5.32 Å². The molecule has 2 heterocycles. The summed E-state index contributed by atoms with van der Waals surface area (Å²) in [6.45, 7) is 0.370. The van der Waals surface area contributed by atoms with E-state index < -0.39 is 16.9 Å². The molecule has 0 saturated carbocycles. The summed E-state index contributed by atoms with van der Waals surface area (Å²) in [5, 5.41) is 3.52. The number of hydrogen-bond donors (Lipinski definition) is 1. The lowest BCUT2D eigenvalue weighted by Gasteiger charge is -2.42. The molecule has 2 spiro atoms. The molecule has 32 heavy (non-hydrogen) atoms. The predicted octanol–water partition coefficient (Wildman–Crippen LogP) is 4.28. The fraction of sp³-hybridized carbons (Fsp3) is 0.192. The fourth-order valence-electron chi connectivity index (χ4n) is 6.22. The van der Waals surface area contributed by atoms with E-state index in [9.17, 15) is 14.4 Å². The number of nitrogens with zero attached hydrogens (tertiary/aromatic N) is 1. The van der Waals surface area contributed by atoms with E-state index in [2.05, 4.69) is 5.32 Å². The van der Waals surface area contributed by atoms with Crippen molar-refractivity contribution in [2.24, 2.45) is 5.41 Å². The van der Waals surface area contributed by atoms with Gasteiger partial charge in [0.1, 0.15) is 11.0 Å². The molecular weight excluding hydrogens is 424 g/mol. The fourth-order valence-corrected chi connectivity index (χ4v) is 6.34. The van der Waals surface area contributed by atoms with Crippen molar-refractivity contribution in [1.82, 2.24) is 4.90 Å². The summed E-state index contributed by atoms with van der Waals surface area (Å²) in [5.74, 6) is -1.45. The van der Waals surface area contributed by atoms with Gasteiger partial charge in [-0.25, -0.2) is 0 Å². The van der Waals surface area contributed by atoms with Crippen LogP contribution in [0.1, 0.15) is 37.8 Å². The van der Waals surface area contributed by atoms with Gasteiger partial charge in [0.05, 0.1) is 0 Å². The summed E-state index contributed by atoms with van der Waals surface area (Å²) in [7, 11) is 1.82. The zero-order valence-corrected chi connectivity index (χ0v) is 18.0. The van der Waals surface area contributed by atoms with Gasteiger partial charge >= 0.3 is 0 Å². The van der Waals surface area contributed by atoms with Crippen molar-refractivity contribution in [3.63, 3.8) is 0 Å². The number of anilines is 1. The second-order valence-corrected chi connectivity index (χ2v) is 9.14. The maximum Gasteiger partial charge on any atom is 0.251 e. The number of Topliss-reactive ketones (excluding diaryl/α,β-unsaturated/α-hetero) is 2. The summed E-state index contributed by atoms with van der Waals surface area (Å²) in [4.78, 5) is 44.3. The Morgan fingerprint density at radius 1 is 0.875 bits per heavy atom. The summed E-state index contributed by atoms with van der Waals surface area (Å²) in [5.41, 5.74) is -0.191. The molecule has 1 N–H and O–H groups in total. The third kappa shape index (κ3) is 2.01. The van der Waals surface area contributed by atoms with Crippen molar-refractivity contribution in [2.45, 2.75) is 11.5 Å². The maximum atomic E-state index is 14.3. The summed E-state index contributed by atoms with van der Waals surface area (Å²) in [6, 6.07) is 21.5. The Labute approximate surface area is 190 Å². The molecule has 0 aromatic heterocycles. The highest BCUT2D eigenvalue weighted by Crippen LogP contribution is 2.66. The Hall–Kier alpha value is -3.28. The van der Waals surface area contributed by atoms with Gasteiger partial charge in [-0.1, -0.05) is 66.2 Å². The molecule has 1 fully saturated rings. The molecule has 1 aliphatic carbocycles. The number of para-hydroxylation sites is 1. The number of carbonyl (C=O) groups excluding carboxylic acids is 3. The number of likely N-dealkylation sites (tertiary alicyclic amines) is 1. The lowest BCUT2D eigenvalue weighted by Crippen LogP contribution is -2.60. The smallest absolute Gasteiger partial charge is 0.251 e. The van der Waals surface area contributed by atoms with Gasteiger partial charge in [-0.05, 0) is 30.8 Å². The van der Waals surface area contributed by atoms with E-state index >= 15 is 0 Å². The third-order valence-corrected chi connectivity index (χ3v) is 7.67. The zero-order chi connectivity index (χ0) is 22.3. The van der Waals surface area contributed by atoms with E-state index in [4.69, 9.17) is 11.6 Å². The number of likely N-dealkylation sites (N-methyl/N-ethyl adjacent to an activating group) is 1. The highest BCUT2D eigenvalue weighted by Gasteiger charge is 2.78. The Bertz CT molecular complexity index is 1300. The second kappa shape index (κ2) is 6.37. The first kappa shape index (κ1) is 19.4. The van der Waals surface area contributed by atoms with Crippen LogP contribution in [0.5, 0.6) is 0 Å². The zero-order valence-electron chi connectivity index (χ0n) is 17.3. The molecule has 2 atom stereocenters. The standard InChI is InChI=1S/C26H19ClN2O3/c1-29-14-20(15-10-12-16(27)13-11-15)25(22(30)17-6-2-3-7-18(17)23(25)31)26(29)19-8-4-5-9-21(19)28-24(26)32/h2-13,20H,14H2,1H3,(H,28,32)/t20-,26?/m0/s1. The molecule has 158 valence electrons. The Morgan fingerprint density at radius 2 is 1.47 bits per heavy atom. The lowest BCUT2D eigenvalue weighted by molar-refractivity contribution is -0.128. The van der Waals surface area contributed by atoms with Gasteiger partial charge in [-0.2, -0.15) is 0 Å². The molecule has 5 nitrogen and oxygen atoms in total. The molecule has 1 unspecified atom stereocenters. The van der Waals surface area contributed by atoms with Gasteiger partial charge in [0.15, 0.2) is 11.6 Å². The Balaban J connectivity index is 1.72. The van der Waals surface area contributed by atoms with Crippen LogP contribution in [0.2, 0.25) is 5.02 Å². The number of halogens is 1. The van der Waals surface area contributed by atoms with E-state index in [1.54, 1.807) is 36.4 Å². The van der Waals surface area contributed by atoms with E-state index in [1.807, 2.05) is 48.3 Å². The summed E-state index contributed by atoms with van der Waals surface area (Å²) in [6.07, 6.45) is 0. The maximum absolute atomic E-state index is 14.3.